The molecule has 28 heavy (non-hydrogen) atoms. The van der Waals surface area contributed by atoms with E-state index < -0.39 is 42.2 Å². The van der Waals surface area contributed by atoms with E-state index in [2.05, 4.69) is 10.3 Å². The van der Waals surface area contributed by atoms with Crippen LogP contribution in [0.1, 0.15) is 26.0 Å². The Hall–Kier alpha value is -2.54. The van der Waals surface area contributed by atoms with Crippen LogP contribution >= 0.6 is 0 Å². The average Bonchev–Trinajstić information content (AvgIpc) is 3.24. The molecule has 5 atom stereocenters. The van der Waals surface area contributed by atoms with E-state index in [9.17, 15) is 19.8 Å². The third-order valence-electron chi connectivity index (χ3n) is 4.20. The van der Waals surface area contributed by atoms with Crippen molar-refractivity contribution < 1.29 is 34.4 Å². The molecule has 0 amide bonds. The Kier molecular flexibility index (Phi) is 7.45. The number of hydrogen-bond donors (Lipinski definition) is 5. The standard InChI is InChI=1S/C14H20N4O6.C2H4O2/c15-9-3-5-18(14(22)17-9)12-11(20)10(19)8(24-12)6-23-13(21)7-2-1-4-16-7;1-2(3)4/h3,5,7-8,10-12,16,19-20H,1-2,4,6H2,(H2,15,17,22);1H3,(H,3,4)/t7?,8-,10-,11+,12-;/m1./s1. The number of aromatic nitrogens is 2. The number of aliphatic hydroxyl groups excluding tert-OH is 2. The van der Waals surface area contributed by atoms with Gasteiger partial charge in [0.2, 0.25) is 0 Å². The molecule has 0 bridgehead atoms. The lowest BCUT2D eigenvalue weighted by molar-refractivity contribution is -0.152. The van der Waals surface area contributed by atoms with E-state index in [0.29, 0.717) is 6.42 Å². The van der Waals surface area contributed by atoms with Crippen LogP contribution in [0.4, 0.5) is 5.82 Å². The van der Waals surface area contributed by atoms with Gasteiger partial charge in [0.05, 0.1) is 0 Å². The predicted octanol–water partition coefficient (Wildman–Crippen LogP) is -2.17. The summed E-state index contributed by atoms with van der Waals surface area (Å²) in [5, 5.41) is 30.6. The van der Waals surface area contributed by atoms with E-state index in [1.165, 1.54) is 12.3 Å². The van der Waals surface area contributed by atoms with Gasteiger partial charge in [0, 0.05) is 13.1 Å². The fourth-order valence-corrected chi connectivity index (χ4v) is 2.87. The number of esters is 1. The Labute approximate surface area is 159 Å². The first-order valence-corrected chi connectivity index (χ1v) is 8.66. The largest absolute Gasteiger partial charge is 0.481 e. The molecule has 0 radical (unpaired) electrons. The van der Waals surface area contributed by atoms with Crippen LogP contribution in [-0.2, 0) is 19.1 Å². The Morgan fingerprint density at radius 2 is 2.11 bits per heavy atom. The number of nitrogen functional groups attached to an aromatic ring is 1. The summed E-state index contributed by atoms with van der Waals surface area (Å²) in [5.41, 5.74) is 4.71. The first-order chi connectivity index (χ1) is 13.2. The zero-order valence-electron chi connectivity index (χ0n) is 15.2. The second kappa shape index (κ2) is 9.59. The molecule has 3 rings (SSSR count). The number of aliphatic carboxylic acids is 1. The van der Waals surface area contributed by atoms with E-state index >= 15 is 0 Å². The number of carboxylic acids is 1. The summed E-state index contributed by atoms with van der Waals surface area (Å²) < 4.78 is 11.7. The van der Waals surface area contributed by atoms with Crippen LogP contribution in [-0.4, -0.2) is 74.3 Å². The second-order valence-electron chi connectivity index (χ2n) is 6.39. The van der Waals surface area contributed by atoms with Gasteiger partial charge in [-0.3, -0.25) is 14.2 Å². The van der Waals surface area contributed by atoms with Crippen molar-refractivity contribution in [2.75, 3.05) is 18.9 Å². The minimum absolute atomic E-state index is 0.0406. The normalized spacial score (nSPS) is 29.0. The summed E-state index contributed by atoms with van der Waals surface area (Å²) in [5.74, 6) is -1.22. The van der Waals surface area contributed by atoms with Gasteiger partial charge in [-0.2, -0.15) is 4.98 Å². The lowest BCUT2D eigenvalue weighted by Gasteiger charge is -2.17. The summed E-state index contributed by atoms with van der Waals surface area (Å²) in [4.78, 5) is 36.2. The Morgan fingerprint density at radius 3 is 2.68 bits per heavy atom. The van der Waals surface area contributed by atoms with Gasteiger partial charge in [-0.25, -0.2) is 4.79 Å². The van der Waals surface area contributed by atoms with E-state index in [1.807, 2.05) is 0 Å². The van der Waals surface area contributed by atoms with E-state index in [0.717, 1.165) is 24.5 Å². The van der Waals surface area contributed by atoms with Crippen LogP contribution in [0.5, 0.6) is 0 Å². The molecular formula is C16H24N4O8. The highest BCUT2D eigenvalue weighted by atomic mass is 16.6. The number of rotatable bonds is 4. The van der Waals surface area contributed by atoms with Gasteiger partial charge in [-0.15, -0.1) is 0 Å². The second-order valence-corrected chi connectivity index (χ2v) is 6.39. The predicted molar refractivity (Wildman–Crippen MR) is 94.1 cm³/mol. The molecule has 2 fully saturated rings. The molecule has 12 nitrogen and oxygen atoms in total. The van der Waals surface area contributed by atoms with E-state index in [-0.39, 0.29) is 18.5 Å². The first-order valence-electron chi connectivity index (χ1n) is 8.66. The van der Waals surface area contributed by atoms with Gasteiger partial charge in [0.15, 0.2) is 6.23 Å². The van der Waals surface area contributed by atoms with Crippen molar-refractivity contribution in [3.8, 4) is 0 Å². The van der Waals surface area contributed by atoms with Gasteiger partial charge < -0.3 is 35.8 Å². The van der Waals surface area contributed by atoms with Crippen molar-refractivity contribution in [1.82, 2.24) is 14.9 Å². The van der Waals surface area contributed by atoms with Crippen LogP contribution in [0.2, 0.25) is 0 Å². The maximum absolute atomic E-state index is 11.9. The first kappa shape index (κ1) is 21.8. The molecule has 12 heteroatoms. The zero-order chi connectivity index (χ0) is 20.8. The number of nitrogens with two attached hydrogens (primary N) is 1. The van der Waals surface area contributed by atoms with Crippen LogP contribution in [0.15, 0.2) is 17.1 Å². The number of carbonyl (C=O) groups is 2. The molecule has 2 aliphatic heterocycles. The minimum Gasteiger partial charge on any atom is -0.481 e. The minimum atomic E-state index is -1.36. The van der Waals surface area contributed by atoms with Crippen LogP contribution < -0.4 is 16.7 Å². The number of aliphatic hydroxyl groups is 2. The number of nitrogens with zero attached hydrogens (tertiary/aromatic N) is 2. The lowest BCUT2D eigenvalue weighted by atomic mass is 10.1. The van der Waals surface area contributed by atoms with Crippen molar-refractivity contribution in [2.24, 2.45) is 0 Å². The molecule has 0 spiro atoms. The number of anilines is 1. The molecule has 2 aliphatic rings. The molecule has 156 valence electrons. The summed E-state index contributed by atoms with van der Waals surface area (Å²) in [6, 6.07) is 1.02. The number of hydrogen-bond acceptors (Lipinski definition) is 10. The monoisotopic (exact) mass is 400 g/mol. The highest BCUT2D eigenvalue weighted by Crippen LogP contribution is 2.28. The fraction of sp³-hybridized carbons (Fsp3) is 0.625. The van der Waals surface area contributed by atoms with Crippen LogP contribution in [0.3, 0.4) is 0 Å². The molecule has 0 aromatic carbocycles. The van der Waals surface area contributed by atoms with Gasteiger partial charge >= 0.3 is 11.7 Å². The Morgan fingerprint density at radius 1 is 1.43 bits per heavy atom. The molecule has 3 heterocycles. The van der Waals surface area contributed by atoms with Crippen molar-refractivity contribution >= 4 is 17.8 Å². The summed E-state index contributed by atoms with van der Waals surface area (Å²) in [7, 11) is 0. The molecular weight excluding hydrogens is 376 g/mol. The summed E-state index contributed by atoms with van der Waals surface area (Å²) in [6.45, 7) is 1.62. The molecule has 1 unspecified atom stereocenters. The number of carboxylic acid groups (broad SMARTS) is 1. The van der Waals surface area contributed by atoms with Crippen molar-refractivity contribution in [1.29, 1.82) is 0 Å². The van der Waals surface area contributed by atoms with Crippen molar-refractivity contribution in [2.45, 2.75) is 50.3 Å². The third kappa shape index (κ3) is 5.48. The van der Waals surface area contributed by atoms with Gasteiger partial charge in [0.25, 0.3) is 5.97 Å². The van der Waals surface area contributed by atoms with Gasteiger partial charge in [0.1, 0.15) is 36.8 Å². The topological polar surface area (TPSA) is 186 Å². The molecule has 0 aliphatic carbocycles. The van der Waals surface area contributed by atoms with Crippen LogP contribution in [0.25, 0.3) is 0 Å². The van der Waals surface area contributed by atoms with Crippen molar-refractivity contribution in [3.05, 3.63) is 22.7 Å². The maximum atomic E-state index is 11.9. The lowest BCUT2D eigenvalue weighted by Crippen LogP contribution is -2.38. The number of ether oxygens (including phenoxy) is 2. The highest BCUT2D eigenvalue weighted by Gasteiger charge is 2.45. The quantitative estimate of drug-likeness (QED) is 0.346. The van der Waals surface area contributed by atoms with E-state index in [4.69, 9.17) is 25.1 Å². The van der Waals surface area contributed by atoms with Crippen LogP contribution in [0, 0.1) is 0 Å². The zero-order valence-corrected chi connectivity index (χ0v) is 15.2. The Bertz CT molecular complexity index is 744. The molecule has 2 saturated heterocycles. The Balaban J connectivity index is 0.000000640. The summed E-state index contributed by atoms with van der Waals surface area (Å²) >= 11 is 0. The average molecular weight is 400 g/mol. The van der Waals surface area contributed by atoms with Gasteiger partial charge in [-0.1, -0.05) is 0 Å². The smallest absolute Gasteiger partial charge is 0.351 e. The fourth-order valence-electron chi connectivity index (χ4n) is 2.87. The molecule has 6 N–H and O–H groups in total. The highest BCUT2D eigenvalue weighted by molar-refractivity contribution is 5.76. The van der Waals surface area contributed by atoms with Crippen molar-refractivity contribution in [3.63, 3.8) is 0 Å². The summed E-state index contributed by atoms with van der Waals surface area (Å²) in [6.07, 6.45) is -1.82. The number of carbonyl (C=O) groups excluding carboxylic acids is 1. The van der Waals surface area contributed by atoms with E-state index in [1.54, 1.807) is 0 Å². The molecule has 1 aromatic heterocycles. The third-order valence-corrected chi connectivity index (χ3v) is 4.20. The molecule has 1 aromatic rings. The molecule has 0 saturated carbocycles. The SMILES string of the molecule is CC(=O)O.Nc1ccn([C@@H]2O[C@H](COC(=O)C3CCCN3)[C@@H](O)[C@@H]2O)c(=O)n1. The maximum Gasteiger partial charge on any atom is 0.351 e. The van der Waals surface area contributed by atoms with Gasteiger partial charge in [-0.05, 0) is 25.5 Å². The number of nitrogens with one attached hydrogen (secondary N) is 1.